The first kappa shape index (κ1) is 13.3. The van der Waals surface area contributed by atoms with E-state index in [1.54, 1.807) is 12.3 Å². The predicted molar refractivity (Wildman–Crippen MR) is 72.4 cm³/mol. The van der Waals surface area contributed by atoms with E-state index < -0.39 is 0 Å². The number of imidazole rings is 1. The van der Waals surface area contributed by atoms with Crippen LogP contribution in [0, 0.1) is 0 Å². The first-order valence-corrected chi connectivity index (χ1v) is 6.12. The lowest BCUT2D eigenvalue weighted by molar-refractivity contribution is -0.671. The van der Waals surface area contributed by atoms with E-state index in [2.05, 4.69) is 9.56 Å². The van der Waals surface area contributed by atoms with Gasteiger partial charge >= 0.3 is 0 Å². The molecule has 0 aliphatic carbocycles. The lowest BCUT2D eigenvalue weighted by atomic mass is 10.1. The molecule has 0 saturated heterocycles. The molecule has 1 aromatic carbocycles. The van der Waals surface area contributed by atoms with Crippen molar-refractivity contribution >= 4 is 6.21 Å². The summed E-state index contributed by atoms with van der Waals surface area (Å²) in [5, 5.41) is 18.4. The van der Waals surface area contributed by atoms with E-state index in [9.17, 15) is 5.11 Å². The molecule has 2 N–H and O–H groups in total. The molecule has 100 valence electrons. The number of aliphatic hydroxyl groups is 1. The highest BCUT2D eigenvalue weighted by Gasteiger charge is 2.05. The van der Waals surface area contributed by atoms with Crippen LogP contribution in [0.25, 0.3) is 0 Å². The van der Waals surface area contributed by atoms with Gasteiger partial charge < -0.3 is 10.2 Å². The quantitative estimate of drug-likeness (QED) is 0.606. The molecule has 19 heavy (non-hydrogen) atoms. The van der Waals surface area contributed by atoms with Crippen molar-refractivity contribution in [3.05, 3.63) is 48.0 Å². The van der Waals surface area contributed by atoms with Crippen molar-refractivity contribution in [2.24, 2.45) is 12.0 Å². The number of aromatic hydroxyl groups is 1. The number of nitrogens with zero attached hydrogens (tertiary/aromatic N) is 3. The topological polar surface area (TPSA) is 61.6 Å². The first-order valence-electron chi connectivity index (χ1n) is 6.12. The van der Waals surface area contributed by atoms with Gasteiger partial charge in [-0.2, -0.15) is 0 Å². The number of benzene rings is 1. The Kier molecular flexibility index (Phi) is 4.30. The molecule has 0 aliphatic rings. The summed E-state index contributed by atoms with van der Waals surface area (Å²) in [6.45, 7) is 1.09. The fourth-order valence-corrected chi connectivity index (χ4v) is 1.83. The van der Waals surface area contributed by atoms with Gasteiger partial charge in [-0.15, -0.1) is 0 Å². The van der Waals surface area contributed by atoms with Crippen molar-refractivity contribution in [3.63, 3.8) is 0 Å². The molecule has 0 atom stereocenters. The van der Waals surface area contributed by atoms with Crippen molar-refractivity contribution in [1.82, 2.24) is 4.57 Å². The average molecular weight is 260 g/mol. The van der Waals surface area contributed by atoms with E-state index in [-0.39, 0.29) is 12.4 Å². The second kappa shape index (κ2) is 6.15. The Balaban J connectivity index is 2.16. The summed E-state index contributed by atoms with van der Waals surface area (Å²) in [4.78, 5) is 4.03. The zero-order chi connectivity index (χ0) is 13.7. The standard InChI is InChI=1S/C14H17N3O2/c1-16-5-6-17(11-16)10-12-2-3-14(19)13(8-12)9-15-4-7-18/h2-3,5-6,8-9,11,18H,4,7,10H2,1H3/p+1. The molecule has 0 radical (unpaired) electrons. The average Bonchev–Trinajstić information content (AvgIpc) is 2.79. The zero-order valence-corrected chi connectivity index (χ0v) is 10.9. The fraction of sp³-hybridized carbons (Fsp3) is 0.286. The SMILES string of the molecule is C[n+]1ccn(Cc2ccc(O)c(C=NCCO)c2)c1. The highest BCUT2D eigenvalue weighted by Crippen LogP contribution is 2.17. The van der Waals surface area contributed by atoms with Gasteiger partial charge in [-0.1, -0.05) is 6.07 Å². The second-order valence-electron chi connectivity index (χ2n) is 4.40. The van der Waals surface area contributed by atoms with Gasteiger partial charge in [-0.05, 0) is 17.7 Å². The van der Waals surface area contributed by atoms with Crippen LogP contribution in [-0.4, -0.2) is 34.1 Å². The van der Waals surface area contributed by atoms with Crippen LogP contribution < -0.4 is 4.57 Å². The Labute approximate surface area is 112 Å². The van der Waals surface area contributed by atoms with Crippen molar-refractivity contribution < 1.29 is 14.8 Å². The van der Waals surface area contributed by atoms with Crippen LogP contribution in [0.3, 0.4) is 0 Å². The highest BCUT2D eigenvalue weighted by molar-refractivity contribution is 5.83. The zero-order valence-electron chi connectivity index (χ0n) is 10.9. The molecular weight excluding hydrogens is 242 g/mol. The predicted octanol–water partition coefficient (Wildman–Crippen LogP) is 0.478. The van der Waals surface area contributed by atoms with Crippen LogP contribution in [0.4, 0.5) is 0 Å². The Hall–Kier alpha value is -2.14. The normalized spacial score (nSPS) is 11.3. The molecule has 2 rings (SSSR count). The van der Waals surface area contributed by atoms with E-state index in [1.807, 2.05) is 42.5 Å². The molecule has 0 fully saturated rings. The molecular formula is C14H18N3O2+. The molecule has 1 aromatic heterocycles. The molecule has 0 saturated carbocycles. The third-order valence-corrected chi connectivity index (χ3v) is 2.74. The van der Waals surface area contributed by atoms with Crippen LogP contribution in [-0.2, 0) is 13.6 Å². The Morgan fingerprint density at radius 1 is 1.42 bits per heavy atom. The minimum Gasteiger partial charge on any atom is -0.507 e. The minimum atomic E-state index is 0.0107. The number of phenolic OH excluding ortho intramolecular Hbond substituents is 1. The molecule has 5 heteroatoms. The molecule has 0 spiro atoms. The van der Waals surface area contributed by atoms with Crippen molar-refractivity contribution in [3.8, 4) is 5.75 Å². The second-order valence-corrected chi connectivity index (χ2v) is 4.40. The number of phenols is 1. The Morgan fingerprint density at radius 2 is 2.26 bits per heavy atom. The van der Waals surface area contributed by atoms with Gasteiger partial charge in [0.15, 0.2) is 0 Å². The number of hydrogen-bond donors (Lipinski definition) is 2. The summed E-state index contributed by atoms with van der Waals surface area (Å²) in [5.41, 5.74) is 1.75. The molecule has 0 aliphatic heterocycles. The van der Waals surface area contributed by atoms with Gasteiger partial charge in [-0.25, -0.2) is 9.13 Å². The summed E-state index contributed by atoms with van der Waals surface area (Å²) in [6.07, 6.45) is 7.55. The van der Waals surface area contributed by atoms with Crippen LogP contribution in [0.5, 0.6) is 5.75 Å². The van der Waals surface area contributed by atoms with Crippen molar-refractivity contribution in [2.45, 2.75) is 6.54 Å². The lowest BCUT2D eigenvalue weighted by Gasteiger charge is -2.02. The van der Waals surface area contributed by atoms with Gasteiger partial charge in [0, 0.05) is 11.8 Å². The van der Waals surface area contributed by atoms with E-state index >= 15 is 0 Å². The molecule has 2 aromatic rings. The Morgan fingerprint density at radius 3 is 2.95 bits per heavy atom. The summed E-state index contributed by atoms with van der Waals surface area (Å²) in [7, 11) is 1.97. The molecule has 1 heterocycles. The lowest BCUT2D eigenvalue weighted by Crippen LogP contribution is -2.23. The number of rotatable bonds is 5. The first-order chi connectivity index (χ1) is 9.19. The van der Waals surface area contributed by atoms with Crippen molar-refractivity contribution in [1.29, 1.82) is 0 Å². The number of hydrogen-bond acceptors (Lipinski definition) is 3. The van der Waals surface area contributed by atoms with E-state index in [4.69, 9.17) is 5.11 Å². The summed E-state index contributed by atoms with van der Waals surface area (Å²) < 4.78 is 4.03. The monoisotopic (exact) mass is 260 g/mol. The van der Waals surface area contributed by atoms with Crippen LogP contribution in [0.2, 0.25) is 0 Å². The van der Waals surface area contributed by atoms with Crippen molar-refractivity contribution in [2.75, 3.05) is 13.2 Å². The third-order valence-electron chi connectivity index (χ3n) is 2.74. The minimum absolute atomic E-state index is 0.0107. The molecule has 0 bridgehead atoms. The highest BCUT2D eigenvalue weighted by atomic mass is 16.3. The summed E-state index contributed by atoms with van der Waals surface area (Å²) in [5.74, 6) is 0.198. The van der Waals surface area contributed by atoms with E-state index in [0.29, 0.717) is 12.1 Å². The molecule has 0 unspecified atom stereocenters. The van der Waals surface area contributed by atoms with Crippen LogP contribution in [0.15, 0.2) is 41.9 Å². The molecule has 5 nitrogen and oxygen atoms in total. The van der Waals surface area contributed by atoms with Gasteiger partial charge in [0.25, 0.3) is 0 Å². The summed E-state index contributed by atoms with van der Waals surface area (Å²) >= 11 is 0. The largest absolute Gasteiger partial charge is 0.507 e. The maximum Gasteiger partial charge on any atom is 0.243 e. The number of aromatic nitrogens is 2. The number of aliphatic hydroxyl groups excluding tert-OH is 1. The van der Waals surface area contributed by atoms with Gasteiger partial charge in [0.2, 0.25) is 6.33 Å². The van der Waals surface area contributed by atoms with Crippen LogP contribution in [0.1, 0.15) is 11.1 Å². The third kappa shape index (κ3) is 3.66. The Bertz CT molecular complexity index is 576. The smallest absolute Gasteiger partial charge is 0.243 e. The van der Waals surface area contributed by atoms with Crippen LogP contribution >= 0.6 is 0 Å². The van der Waals surface area contributed by atoms with Gasteiger partial charge in [0.05, 0.1) is 20.2 Å². The maximum absolute atomic E-state index is 9.74. The maximum atomic E-state index is 9.74. The molecule has 0 amide bonds. The number of aliphatic imine (C=N–C) groups is 1. The van der Waals surface area contributed by atoms with Gasteiger partial charge in [-0.3, -0.25) is 4.99 Å². The summed E-state index contributed by atoms with van der Waals surface area (Å²) in [6, 6.07) is 5.45. The fourth-order valence-electron chi connectivity index (χ4n) is 1.83. The van der Waals surface area contributed by atoms with Gasteiger partial charge in [0.1, 0.15) is 24.7 Å². The number of aryl methyl sites for hydroxylation is 1. The van der Waals surface area contributed by atoms with E-state index in [1.165, 1.54) is 0 Å². The van der Waals surface area contributed by atoms with E-state index in [0.717, 1.165) is 12.1 Å².